The van der Waals surface area contributed by atoms with Gasteiger partial charge in [0.05, 0.1) is 32.0 Å². The fourth-order valence-electron chi connectivity index (χ4n) is 2.30. The third-order valence-electron chi connectivity index (χ3n) is 3.63. The zero-order valence-corrected chi connectivity index (χ0v) is 16.0. The highest BCUT2D eigenvalue weighted by Crippen LogP contribution is 2.38. The maximum absolute atomic E-state index is 12.1. The Morgan fingerprint density at radius 3 is 2.15 bits per heavy atom. The van der Waals surface area contributed by atoms with E-state index in [1.807, 2.05) is 0 Å². The molecule has 144 valence electrons. The molecule has 0 aliphatic carbocycles. The Morgan fingerprint density at radius 1 is 1.07 bits per heavy atom. The highest BCUT2D eigenvalue weighted by Gasteiger charge is 2.13. The molecule has 9 heteroatoms. The largest absolute Gasteiger partial charge is 0.493 e. The van der Waals surface area contributed by atoms with Crippen molar-refractivity contribution < 1.29 is 23.9 Å². The summed E-state index contributed by atoms with van der Waals surface area (Å²) in [4.78, 5) is 23.0. The summed E-state index contributed by atoms with van der Waals surface area (Å²) in [6, 6.07) is 9.60. The fraction of sp³-hybridized carbons (Fsp3) is 0.278. The molecule has 8 nitrogen and oxygen atoms in total. The lowest BCUT2D eigenvalue weighted by Gasteiger charge is -2.14. The van der Waals surface area contributed by atoms with E-state index < -0.39 is 4.92 Å². The third-order valence-corrected chi connectivity index (χ3v) is 4.64. The number of nitro groups is 1. The van der Waals surface area contributed by atoms with Crippen LogP contribution in [0.2, 0.25) is 0 Å². The molecule has 0 radical (unpaired) electrons. The highest BCUT2D eigenvalue weighted by molar-refractivity contribution is 8.00. The monoisotopic (exact) mass is 392 g/mol. The average molecular weight is 392 g/mol. The van der Waals surface area contributed by atoms with Crippen LogP contribution in [0.3, 0.4) is 0 Å². The van der Waals surface area contributed by atoms with E-state index in [2.05, 4.69) is 5.32 Å². The van der Waals surface area contributed by atoms with Crippen LogP contribution in [0, 0.1) is 10.1 Å². The first-order valence-corrected chi connectivity index (χ1v) is 8.90. The van der Waals surface area contributed by atoms with Crippen molar-refractivity contribution in [3.05, 3.63) is 52.1 Å². The number of methoxy groups -OCH3 is 3. The number of benzene rings is 2. The van der Waals surface area contributed by atoms with Gasteiger partial charge in [-0.3, -0.25) is 14.9 Å². The molecule has 27 heavy (non-hydrogen) atoms. The van der Waals surface area contributed by atoms with Crippen molar-refractivity contribution >= 4 is 23.4 Å². The fourth-order valence-corrected chi connectivity index (χ4v) is 3.03. The molecular formula is C18H20N2O6S. The van der Waals surface area contributed by atoms with Gasteiger partial charge in [-0.15, -0.1) is 11.8 Å². The molecule has 0 atom stereocenters. The second kappa shape index (κ2) is 9.67. The molecule has 0 aliphatic rings. The molecular weight excluding hydrogens is 372 g/mol. The Kier molecular flexibility index (Phi) is 7.30. The molecule has 1 N–H and O–H groups in total. The van der Waals surface area contributed by atoms with Gasteiger partial charge >= 0.3 is 0 Å². The maximum Gasteiger partial charge on any atom is 0.269 e. The van der Waals surface area contributed by atoms with Gasteiger partial charge in [-0.1, -0.05) is 0 Å². The number of nitrogens with zero attached hydrogens (tertiary/aromatic N) is 1. The third kappa shape index (κ3) is 5.52. The maximum atomic E-state index is 12.1. The topological polar surface area (TPSA) is 99.9 Å². The summed E-state index contributed by atoms with van der Waals surface area (Å²) in [5.41, 5.74) is 0.824. The molecule has 0 bridgehead atoms. The standard InChI is InChI=1S/C18H20N2O6S/c1-24-15-8-12(9-16(25-2)18(15)26-3)10-19-17(21)11-27-14-6-4-13(5-7-14)20(22)23/h4-9H,10-11H2,1-3H3,(H,19,21). The molecule has 0 aliphatic heterocycles. The van der Waals surface area contributed by atoms with Crippen LogP contribution in [0.15, 0.2) is 41.3 Å². The van der Waals surface area contributed by atoms with Crippen molar-refractivity contribution in [2.75, 3.05) is 27.1 Å². The summed E-state index contributed by atoms with van der Waals surface area (Å²) in [5, 5.41) is 13.5. The van der Waals surface area contributed by atoms with Crippen LogP contribution in [0.25, 0.3) is 0 Å². The number of rotatable bonds is 9. The summed E-state index contributed by atoms with van der Waals surface area (Å²) >= 11 is 1.30. The van der Waals surface area contributed by atoms with E-state index in [0.717, 1.165) is 10.5 Å². The van der Waals surface area contributed by atoms with Crippen LogP contribution in [-0.2, 0) is 11.3 Å². The number of carbonyl (C=O) groups is 1. The van der Waals surface area contributed by atoms with Gasteiger partial charge in [0, 0.05) is 23.6 Å². The number of nitrogens with one attached hydrogen (secondary N) is 1. The van der Waals surface area contributed by atoms with E-state index in [1.54, 1.807) is 24.3 Å². The van der Waals surface area contributed by atoms with E-state index in [4.69, 9.17) is 14.2 Å². The lowest BCUT2D eigenvalue weighted by atomic mass is 10.2. The average Bonchev–Trinajstić information content (AvgIpc) is 2.69. The van der Waals surface area contributed by atoms with Gasteiger partial charge in [0.15, 0.2) is 11.5 Å². The molecule has 0 spiro atoms. The Labute approximate surface area is 161 Å². The molecule has 2 rings (SSSR count). The van der Waals surface area contributed by atoms with Crippen molar-refractivity contribution in [1.82, 2.24) is 5.32 Å². The molecule has 1 amide bonds. The van der Waals surface area contributed by atoms with Crippen LogP contribution < -0.4 is 19.5 Å². The number of carbonyl (C=O) groups excluding carboxylic acids is 1. The number of amides is 1. The van der Waals surface area contributed by atoms with Crippen molar-refractivity contribution in [3.63, 3.8) is 0 Å². The quantitative estimate of drug-likeness (QED) is 0.398. The number of hydrogen-bond donors (Lipinski definition) is 1. The lowest BCUT2D eigenvalue weighted by molar-refractivity contribution is -0.384. The molecule has 0 aromatic heterocycles. The number of ether oxygens (including phenoxy) is 3. The van der Waals surface area contributed by atoms with Crippen molar-refractivity contribution in [3.8, 4) is 17.2 Å². The second-order valence-corrected chi connectivity index (χ2v) is 6.40. The predicted octanol–water partition coefficient (Wildman–Crippen LogP) is 3.03. The summed E-state index contributed by atoms with van der Waals surface area (Å²) in [5.74, 6) is 1.56. The second-order valence-electron chi connectivity index (χ2n) is 5.35. The van der Waals surface area contributed by atoms with Gasteiger partial charge in [0.1, 0.15) is 0 Å². The summed E-state index contributed by atoms with van der Waals surface area (Å²) in [7, 11) is 4.58. The summed E-state index contributed by atoms with van der Waals surface area (Å²) in [6.07, 6.45) is 0. The molecule has 0 saturated heterocycles. The van der Waals surface area contributed by atoms with Gasteiger partial charge in [0.2, 0.25) is 11.7 Å². The Morgan fingerprint density at radius 2 is 1.67 bits per heavy atom. The van der Waals surface area contributed by atoms with E-state index >= 15 is 0 Å². The Balaban J connectivity index is 1.92. The minimum atomic E-state index is -0.460. The first kappa shape index (κ1) is 20.4. The first-order valence-electron chi connectivity index (χ1n) is 7.91. The number of non-ortho nitro benzene ring substituents is 1. The van der Waals surface area contributed by atoms with E-state index in [1.165, 1.54) is 45.2 Å². The van der Waals surface area contributed by atoms with Crippen LogP contribution >= 0.6 is 11.8 Å². The van der Waals surface area contributed by atoms with E-state index in [9.17, 15) is 14.9 Å². The number of thioether (sulfide) groups is 1. The van der Waals surface area contributed by atoms with Crippen LogP contribution in [-0.4, -0.2) is 37.9 Å². The van der Waals surface area contributed by atoms with Gasteiger partial charge in [-0.2, -0.15) is 0 Å². The molecule has 0 fully saturated rings. The van der Waals surface area contributed by atoms with Gasteiger partial charge < -0.3 is 19.5 Å². The normalized spacial score (nSPS) is 10.2. The van der Waals surface area contributed by atoms with Gasteiger partial charge in [0.25, 0.3) is 5.69 Å². The first-order chi connectivity index (χ1) is 13.0. The van der Waals surface area contributed by atoms with Crippen LogP contribution in [0.4, 0.5) is 5.69 Å². The van der Waals surface area contributed by atoms with Gasteiger partial charge in [-0.25, -0.2) is 0 Å². The lowest BCUT2D eigenvalue weighted by Crippen LogP contribution is -2.24. The minimum Gasteiger partial charge on any atom is -0.493 e. The zero-order valence-electron chi connectivity index (χ0n) is 15.2. The smallest absolute Gasteiger partial charge is 0.269 e. The van der Waals surface area contributed by atoms with Crippen LogP contribution in [0.1, 0.15) is 5.56 Å². The zero-order chi connectivity index (χ0) is 19.8. The predicted molar refractivity (Wildman–Crippen MR) is 102 cm³/mol. The van der Waals surface area contributed by atoms with E-state index in [0.29, 0.717) is 23.8 Å². The van der Waals surface area contributed by atoms with Crippen LogP contribution in [0.5, 0.6) is 17.2 Å². The Hall–Kier alpha value is -2.94. The molecule has 0 heterocycles. The van der Waals surface area contributed by atoms with Crippen molar-refractivity contribution in [2.45, 2.75) is 11.4 Å². The minimum absolute atomic E-state index is 0.0196. The molecule has 0 saturated carbocycles. The summed E-state index contributed by atoms with van der Waals surface area (Å²) in [6.45, 7) is 0.302. The SMILES string of the molecule is COc1cc(CNC(=O)CSc2ccc([N+](=O)[O-])cc2)cc(OC)c1OC. The van der Waals surface area contributed by atoms with Gasteiger partial charge in [-0.05, 0) is 29.8 Å². The van der Waals surface area contributed by atoms with Crippen molar-refractivity contribution in [1.29, 1.82) is 0 Å². The highest BCUT2D eigenvalue weighted by atomic mass is 32.2. The van der Waals surface area contributed by atoms with Crippen molar-refractivity contribution in [2.24, 2.45) is 0 Å². The Bertz CT molecular complexity index is 785. The molecule has 0 unspecified atom stereocenters. The summed E-state index contributed by atoms with van der Waals surface area (Å²) < 4.78 is 15.8. The number of nitro benzene ring substituents is 1. The molecule has 2 aromatic carbocycles. The number of hydrogen-bond acceptors (Lipinski definition) is 7. The van der Waals surface area contributed by atoms with E-state index in [-0.39, 0.29) is 17.3 Å². The molecule has 2 aromatic rings.